The Bertz CT molecular complexity index is 745. The van der Waals surface area contributed by atoms with Crippen LogP contribution in [0.3, 0.4) is 0 Å². The van der Waals surface area contributed by atoms with Gasteiger partial charge in [0.05, 0.1) is 13.1 Å². The molecule has 1 N–H and O–H groups in total. The Morgan fingerprint density at radius 2 is 1.88 bits per heavy atom. The van der Waals surface area contributed by atoms with Crippen LogP contribution in [0.4, 0.5) is 0 Å². The molecule has 1 aromatic heterocycles. The van der Waals surface area contributed by atoms with Crippen molar-refractivity contribution in [3.63, 3.8) is 0 Å². The summed E-state index contributed by atoms with van der Waals surface area (Å²) in [6, 6.07) is 11.5. The maximum Gasteiger partial charge on any atom is 0.253 e. The highest BCUT2D eigenvalue weighted by Gasteiger charge is 2.21. The van der Waals surface area contributed by atoms with Crippen LogP contribution in [-0.4, -0.2) is 54.3 Å². The van der Waals surface area contributed by atoms with E-state index in [0.29, 0.717) is 19.6 Å². The summed E-state index contributed by atoms with van der Waals surface area (Å²) >= 11 is 1.67. The number of carbonyl (C=O) groups is 2. The third-order valence-electron chi connectivity index (χ3n) is 4.68. The average molecular weight is 372 g/mol. The Hall–Kier alpha value is -2.18. The molecule has 0 radical (unpaired) electrons. The molecule has 0 aliphatic carbocycles. The topological polar surface area (TPSA) is 52.7 Å². The molecule has 0 spiro atoms. The molecular weight excluding hydrogens is 346 g/mol. The predicted octanol–water partition coefficient (Wildman–Crippen LogP) is 2.52. The molecule has 1 fully saturated rings. The first-order valence-electron chi connectivity index (χ1n) is 9.00. The number of aryl methyl sites for hydroxylation is 1. The third kappa shape index (κ3) is 4.93. The van der Waals surface area contributed by atoms with Gasteiger partial charge in [-0.1, -0.05) is 18.2 Å². The van der Waals surface area contributed by atoms with Crippen LogP contribution in [0.1, 0.15) is 27.2 Å². The van der Waals surface area contributed by atoms with Crippen LogP contribution in [0.25, 0.3) is 0 Å². The zero-order chi connectivity index (χ0) is 18.4. The molecule has 0 atom stereocenters. The first-order chi connectivity index (χ1) is 12.6. The molecule has 2 aromatic rings. The molecule has 5 nitrogen and oxygen atoms in total. The summed E-state index contributed by atoms with van der Waals surface area (Å²) in [6.45, 7) is 6.00. The molecule has 0 unspecified atom stereocenters. The molecular formula is C20H25N3O2S. The minimum Gasteiger partial charge on any atom is -0.350 e. The van der Waals surface area contributed by atoms with Crippen molar-refractivity contribution in [2.75, 3.05) is 32.7 Å². The molecule has 3 rings (SSSR count). The highest BCUT2D eigenvalue weighted by Crippen LogP contribution is 2.15. The van der Waals surface area contributed by atoms with E-state index in [2.05, 4.69) is 23.2 Å². The number of rotatable bonds is 5. The summed E-state index contributed by atoms with van der Waals surface area (Å²) < 4.78 is 0. The highest BCUT2D eigenvalue weighted by molar-refractivity contribution is 7.10. The van der Waals surface area contributed by atoms with Gasteiger partial charge in [-0.05, 0) is 42.5 Å². The van der Waals surface area contributed by atoms with Gasteiger partial charge in [0.1, 0.15) is 0 Å². The van der Waals surface area contributed by atoms with E-state index in [9.17, 15) is 9.59 Å². The lowest BCUT2D eigenvalue weighted by atomic mass is 10.2. The molecule has 1 aliphatic rings. The van der Waals surface area contributed by atoms with Crippen molar-refractivity contribution in [1.29, 1.82) is 0 Å². The number of benzene rings is 1. The third-order valence-corrected chi connectivity index (χ3v) is 5.70. The van der Waals surface area contributed by atoms with E-state index in [4.69, 9.17) is 0 Å². The van der Waals surface area contributed by atoms with E-state index in [1.165, 1.54) is 10.4 Å². The fourth-order valence-electron chi connectivity index (χ4n) is 3.12. The molecule has 1 aliphatic heterocycles. The van der Waals surface area contributed by atoms with Gasteiger partial charge in [0.2, 0.25) is 5.91 Å². The van der Waals surface area contributed by atoms with Gasteiger partial charge in [0, 0.05) is 36.6 Å². The van der Waals surface area contributed by atoms with Gasteiger partial charge >= 0.3 is 0 Å². The summed E-state index contributed by atoms with van der Waals surface area (Å²) in [6.07, 6.45) is 0.885. The zero-order valence-electron chi connectivity index (χ0n) is 15.1. The summed E-state index contributed by atoms with van der Waals surface area (Å²) in [4.78, 5) is 30.0. The Balaban J connectivity index is 1.47. The number of hydrogen-bond acceptors (Lipinski definition) is 4. The Kier molecular flexibility index (Phi) is 6.41. The quantitative estimate of drug-likeness (QED) is 0.879. The molecule has 2 amide bonds. The second-order valence-electron chi connectivity index (χ2n) is 6.59. The smallest absolute Gasteiger partial charge is 0.253 e. The van der Waals surface area contributed by atoms with Crippen molar-refractivity contribution in [3.05, 3.63) is 57.8 Å². The first-order valence-corrected chi connectivity index (χ1v) is 9.88. The van der Waals surface area contributed by atoms with Crippen LogP contribution in [0, 0.1) is 6.92 Å². The zero-order valence-corrected chi connectivity index (χ0v) is 15.9. The van der Waals surface area contributed by atoms with Gasteiger partial charge in [-0.3, -0.25) is 14.5 Å². The minimum atomic E-state index is 0.0423. The lowest BCUT2D eigenvalue weighted by molar-refractivity contribution is -0.122. The van der Waals surface area contributed by atoms with Crippen molar-refractivity contribution in [3.8, 4) is 0 Å². The van der Waals surface area contributed by atoms with Crippen LogP contribution in [0.5, 0.6) is 0 Å². The van der Waals surface area contributed by atoms with Gasteiger partial charge in [-0.2, -0.15) is 0 Å². The second kappa shape index (κ2) is 8.96. The number of nitrogens with one attached hydrogen (secondary N) is 1. The van der Waals surface area contributed by atoms with Crippen LogP contribution in [0.2, 0.25) is 0 Å². The van der Waals surface area contributed by atoms with Gasteiger partial charge in [0.15, 0.2) is 0 Å². The van der Waals surface area contributed by atoms with Crippen molar-refractivity contribution in [1.82, 2.24) is 15.1 Å². The van der Waals surface area contributed by atoms with Gasteiger partial charge in [0.25, 0.3) is 5.91 Å². The summed E-state index contributed by atoms with van der Waals surface area (Å²) in [5.41, 5.74) is 1.95. The number of amides is 2. The number of thiophene rings is 1. The standard InChI is InChI=1S/C20H25N3O2S/c1-16-8-13-26-18(16)14-21-19(24)15-22-9-5-10-23(12-11-22)20(25)17-6-3-2-4-7-17/h2-4,6-8,13H,5,9-12,14-15H2,1H3,(H,21,24). The fraction of sp³-hybridized carbons (Fsp3) is 0.400. The van der Waals surface area contributed by atoms with E-state index >= 15 is 0 Å². The normalized spacial score (nSPS) is 15.5. The molecule has 0 bridgehead atoms. The van der Waals surface area contributed by atoms with Crippen LogP contribution in [-0.2, 0) is 11.3 Å². The lowest BCUT2D eigenvalue weighted by Gasteiger charge is -2.21. The van der Waals surface area contributed by atoms with E-state index in [-0.39, 0.29) is 11.8 Å². The van der Waals surface area contributed by atoms with Crippen LogP contribution in [0.15, 0.2) is 41.8 Å². The first kappa shape index (κ1) is 18.6. The largest absolute Gasteiger partial charge is 0.350 e. The fourth-order valence-corrected chi connectivity index (χ4v) is 3.96. The minimum absolute atomic E-state index is 0.0423. The average Bonchev–Trinajstić information content (AvgIpc) is 2.93. The van der Waals surface area contributed by atoms with E-state index in [1.807, 2.05) is 40.6 Å². The van der Waals surface area contributed by atoms with Crippen LogP contribution >= 0.6 is 11.3 Å². The van der Waals surface area contributed by atoms with Crippen molar-refractivity contribution in [2.45, 2.75) is 19.9 Å². The molecule has 138 valence electrons. The summed E-state index contributed by atoms with van der Waals surface area (Å²) in [7, 11) is 0. The van der Waals surface area contributed by atoms with Gasteiger partial charge in [-0.25, -0.2) is 0 Å². The van der Waals surface area contributed by atoms with Crippen LogP contribution < -0.4 is 5.32 Å². The summed E-state index contributed by atoms with van der Waals surface area (Å²) in [5, 5.41) is 5.05. The summed E-state index contributed by atoms with van der Waals surface area (Å²) in [5.74, 6) is 0.116. The number of carbonyl (C=O) groups excluding carboxylic acids is 2. The monoisotopic (exact) mass is 371 g/mol. The number of nitrogens with zero attached hydrogens (tertiary/aromatic N) is 2. The Labute approximate surface area is 158 Å². The molecule has 2 heterocycles. The molecule has 0 saturated carbocycles. The predicted molar refractivity (Wildman–Crippen MR) is 104 cm³/mol. The maximum absolute atomic E-state index is 12.6. The lowest BCUT2D eigenvalue weighted by Crippen LogP contribution is -2.39. The Morgan fingerprint density at radius 3 is 2.62 bits per heavy atom. The number of hydrogen-bond donors (Lipinski definition) is 1. The molecule has 26 heavy (non-hydrogen) atoms. The highest BCUT2D eigenvalue weighted by atomic mass is 32.1. The SMILES string of the molecule is Cc1ccsc1CNC(=O)CN1CCCN(C(=O)c2ccccc2)CC1. The molecule has 1 aromatic carbocycles. The van der Waals surface area contributed by atoms with E-state index < -0.39 is 0 Å². The van der Waals surface area contributed by atoms with E-state index in [1.54, 1.807) is 11.3 Å². The van der Waals surface area contributed by atoms with Crippen molar-refractivity contribution < 1.29 is 9.59 Å². The van der Waals surface area contributed by atoms with Crippen molar-refractivity contribution in [2.24, 2.45) is 0 Å². The van der Waals surface area contributed by atoms with Gasteiger partial charge < -0.3 is 10.2 Å². The Morgan fingerprint density at radius 1 is 1.08 bits per heavy atom. The van der Waals surface area contributed by atoms with Crippen molar-refractivity contribution >= 4 is 23.2 Å². The molecule has 6 heteroatoms. The second-order valence-corrected chi connectivity index (χ2v) is 7.59. The molecule has 1 saturated heterocycles. The van der Waals surface area contributed by atoms with Gasteiger partial charge in [-0.15, -0.1) is 11.3 Å². The maximum atomic E-state index is 12.6. The van der Waals surface area contributed by atoms with E-state index in [0.717, 1.165) is 31.6 Å².